The SMILES string of the molecule is Cc1ccc(C(N)C(=O)Nc2ccc(Cl)nn2)cc1. The molecule has 2 aromatic rings. The summed E-state index contributed by atoms with van der Waals surface area (Å²) in [6, 6.07) is 9.82. The third kappa shape index (κ3) is 3.49. The van der Waals surface area contributed by atoms with Crippen LogP contribution in [0.5, 0.6) is 0 Å². The molecule has 1 unspecified atom stereocenters. The topological polar surface area (TPSA) is 80.9 Å². The van der Waals surface area contributed by atoms with E-state index in [4.69, 9.17) is 17.3 Å². The number of anilines is 1. The van der Waals surface area contributed by atoms with Gasteiger partial charge in [-0.05, 0) is 24.6 Å². The molecule has 0 radical (unpaired) electrons. The van der Waals surface area contributed by atoms with E-state index in [2.05, 4.69) is 15.5 Å². The molecular weight excluding hydrogens is 264 g/mol. The maximum atomic E-state index is 11.9. The lowest BCUT2D eigenvalue weighted by molar-refractivity contribution is -0.117. The van der Waals surface area contributed by atoms with Crippen LogP contribution in [-0.4, -0.2) is 16.1 Å². The zero-order valence-electron chi connectivity index (χ0n) is 10.3. The molecule has 6 heteroatoms. The van der Waals surface area contributed by atoms with Gasteiger partial charge in [0.2, 0.25) is 5.91 Å². The quantitative estimate of drug-likeness (QED) is 0.899. The number of carbonyl (C=O) groups excluding carboxylic acids is 1. The number of halogens is 1. The Bertz CT molecular complexity index is 568. The fourth-order valence-electron chi connectivity index (χ4n) is 1.51. The van der Waals surface area contributed by atoms with Crippen LogP contribution < -0.4 is 11.1 Å². The fourth-order valence-corrected chi connectivity index (χ4v) is 1.61. The highest BCUT2D eigenvalue weighted by atomic mass is 35.5. The molecule has 0 fully saturated rings. The van der Waals surface area contributed by atoms with E-state index in [0.717, 1.165) is 11.1 Å². The number of amides is 1. The summed E-state index contributed by atoms with van der Waals surface area (Å²) in [5.41, 5.74) is 7.73. The second-order valence-corrected chi connectivity index (χ2v) is 4.51. The van der Waals surface area contributed by atoms with Crippen molar-refractivity contribution >= 4 is 23.3 Å². The standard InChI is InChI=1S/C13H13ClN4O/c1-8-2-4-9(5-3-8)12(15)13(19)16-11-7-6-10(14)17-18-11/h2-7,12H,15H2,1H3,(H,16,18,19). The van der Waals surface area contributed by atoms with Crippen LogP contribution in [0.25, 0.3) is 0 Å². The molecule has 98 valence electrons. The Morgan fingerprint density at radius 2 is 1.89 bits per heavy atom. The monoisotopic (exact) mass is 276 g/mol. The van der Waals surface area contributed by atoms with Crippen molar-refractivity contribution < 1.29 is 4.79 Å². The zero-order chi connectivity index (χ0) is 13.8. The van der Waals surface area contributed by atoms with E-state index >= 15 is 0 Å². The van der Waals surface area contributed by atoms with Crippen molar-refractivity contribution in [2.24, 2.45) is 5.73 Å². The highest BCUT2D eigenvalue weighted by Crippen LogP contribution is 2.14. The van der Waals surface area contributed by atoms with Crippen LogP contribution in [0.1, 0.15) is 17.2 Å². The molecule has 1 atom stereocenters. The van der Waals surface area contributed by atoms with Gasteiger partial charge in [0, 0.05) is 0 Å². The third-order valence-electron chi connectivity index (χ3n) is 2.60. The average Bonchev–Trinajstić information content (AvgIpc) is 2.41. The van der Waals surface area contributed by atoms with Crippen molar-refractivity contribution in [2.45, 2.75) is 13.0 Å². The maximum Gasteiger partial charge on any atom is 0.247 e. The summed E-state index contributed by atoms with van der Waals surface area (Å²) >= 11 is 5.61. The van der Waals surface area contributed by atoms with Crippen molar-refractivity contribution in [3.8, 4) is 0 Å². The van der Waals surface area contributed by atoms with Crippen LogP contribution in [0.4, 0.5) is 5.82 Å². The molecular formula is C13H13ClN4O. The summed E-state index contributed by atoms with van der Waals surface area (Å²) in [5.74, 6) is -0.0302. The number of aryl methyl sites for hydroxylation is 1. The zero-order valence-corrected chi connectivity index (χ0v) is 11.1. The van der Waals surface area contributed by atoms with E-state index in [-0.39, 0.29) is 11.1 Å². The second kappa shape index (κ2) is 5.77. The molecule has 0 bridgehead atoms. The Kier molecular flexibility index (Phi) is 4.09. The molecule has 3 N–H and O–H groups in total. The molecule has 19 heavy (non-hydrogen) atoms. The van der Waals surface area contributed by atoms with Gasteiger partial charge in [0.25, 0.3) is 0 Å². The number of hydrogen-bond acceptors (Lipinski definition) is 4. The Morgan fingerprint density at radius 1 is 1.21 bits per heavy atom. The van der Waals surface area contributed by atoms with Gasteiger partial charge in [-0.25, -0.2) is 0 Å². The van der Waals surface area contributed by atoms with Gasteiger partial charge >= 0.3 is 0 Å². The first-order valence-corrected chi connectivity index (χ1v) is 6.06. The second-order valence-electron chi connectivity index (χ2n) is 4.12. The summed E-state index contributed by atoms with van der Waals surface area (Å²) in [4.78, 5) is 11.9. The summed E-state index contributed by atoms with van der Waals surface area (Å²) in [7, 11) is 0. The van der Waals surface area contributed by atoms with Gasteiger partial charge in [-0.2, -0.15) is 0 Å². The minimum Gasteiger partial charge on any atom is -0.316 e. The van der Waals surface area contributed by atoms with Crippen molar-refractivity contribution in [1.82, 2.24) is 10.2 Å². The van der Waals surface area contributed by atoms with E-state index in [9.17, 15) is 4.79 Å². The predicted molar refractivity (Wildman–Crippen MR) is 73.8 cm³/mol. The third-order valence-corrected chi connectivity index (χ3v) is 2.80. The summed E-state index contributed by atoms with van der Waals surface area (Å²) < 4.78 is 0. The number of nitrogens with two attached hydrogens (primary N) is 1. The van der Waals surface area contributed by atoms with Gasteiger partial charge in [0.05, 0.1) is 0 Å². The Hall–Kier alpha value is -1.98. The minimum atomic E-state index is -0.752. The first kappa shape index (κ1) is 13.5. The molecule has 5 nitrogen and oxygen atoms in total. The van der Waals surface area contributed by atoms with E-state index in [0.29, 0.717) is 5.82 Å². The molecule has 2 rings (SSSR count). The van der Waals surface area contributed by atoms with Gasteiger partial charge in [0.15, 0.2) is 11.0 Å². The van der Waals surface area contributed by atoms with Crippen molar-refractivity contribution in [3.63, 3.8) is 0 Å². The number of hydrogen-bond donors (Lipinski definition) is 2. The average molecular weight is 277 g/mol. The van der Waals surface area contributed by atoms with Crippen LogP contribution in [0, 0.1) is 6.92 Å². The van der Waals surface area contributed by atoms with Crippen LogP contribution in [0.3, 0.4) is 0 Å². The molecule has 0 aliphatic rings. The van der Waals surface area contributed by atoms with Crippen LogP contribution >= 0.6 is 11.6 Å². The fraction of sp³-hybridized carbons (Fsp3) is 0.154. The lowest BCUT2D eigenvalue weighted by atomic mass is 10.1. The van der Waals surface area contributed by atoms with Gasteiger partial charge in [-0.1, -0.05) is 41.4 Å². The van der Waals surface area contributed by atoms with Crippen molar-refractivity contribution in [2.75, 3.05) is 5.32 Å². The largest absolute Gasteiger partial charge is 0.316 e. The predicted octanol–water partition coefficient (Wildman–Crippen LogP) is 2.08. The Balaban J connectivity index is 2.07. The molecule has 0 saturated heterocycles. The van der Waals surface area contributed by atoms with Gasteiger partial charge in [-0.3, -0.25) is 4.79 Å². The molecule has 1 heterocycles. The molecule has 0 saturated carbocycles. The molecule has 0 aliphatic heterocycles. The highest BCUT2D eigenvalue weighted by molar-refractivity contribution is 6.29. The maximum absolute atomic E-state index is 11.9. The van der Waals surface area contributed by atoms with E-state index in [1.807, 2.05) is 31.2 Å². The summed E-state index contributed by atoms with van der Waals surface area (Å²) in [6.07, 6.45) is 0. The molecule has 0 spiro atoms. The van der Waals surface area contributed by atoms with Crippen LogP contribution in [0.2, 0.25) is 5.15 Å². The number of rotatable bonds is 3. The van der Waals surface area contributed by atoms with Crippen molar-refractivity contribution in [3.05, 3.63) is 52.7 Å². The summed E-state index contributed by atoms with van der Waals surface area (Å²) in [5, 5.41) is 10.2. The van der Waals surface area contributed by atoms with Gasteiger partial charge < -0.3 is 11.1 Å². The lowest BCUT2D eigenvalue weighted by Gasteiger charge is -2.12. The summed E-state index contributed by atoms with van der Waals surface area (Å²) in [6.45, 7) is 1.97. The van der Waals surface area contributed by atoms with Crippen LogP contribution in [-0.2, 0) is 4.79 Å². The Labute approximate surface area is 115 Å². The molecule has 1 aromatic carbocycles. The highest BCUT2D eigenvalue weighted by Gasteiger charge is 2.16. The molecule has 1 aromatic heterocycles. The first-order chi connectivity index (χ1) is 9.06. The molecule has 1 amide bonds. The normalized spacial score (nSPS) is 11.9. The smallest absolute Gasteiger partial charge is 0.247 e. The molecule has 0 aliphatic carbocycles. The number of carbonyl (C=O) groups is 1. The first-order valence-electron chi connectivity index (χ1n) is 5.68. The van der Waals surface area contributed by atoms with Crippen LogP contribution in [0.15, 0.2) is 36.4 Å². The minimum absolute atomic E-state index is 0.265. The van der Waals surface area contributed by atoms with E-state index in [1.165, 1.54) is 0 Å². The van der Waals surface area contributed by atoms with Gasteiger partial charge in [0.1, 0.15) is 6.04 Å². The Morgan fingerprint density at radius 3 is 2.47 bits per heavy atom. The number of benzene rings is 1. The van der Waals surface area contributed by atoms with Crippen molar-refractivity contribution in [1.29, 1.82) is 0 Å². The number of aromatic nitrogens is 2. The lowest BCUT2D eigenvalue weighted by Crippen LogP contribution is -2.28. The van der Waals surface area contributed by atoms with Gasteiger partial charge in [-0.15, -0.1) is 10.2 Å². The number of nitrogens with zero attached hydrogens (tertiary/aromatic N) is 2. The van der Waals surface area contributed by atoms with E-state index < -0.39 is 6.04 Å². The van der Waals surface area contributed by atoms with E-state index in [1.54, 1.807) is 12.1 Å². The number of nitrogens with one attached hydrogen (secondary N) is 1.